The highest BCUT2D eigenvalue weighted by atomic mass is 16.4. The van der Waals surface area contributed by atoms with Crippen molar-refractivity contribution in [2.24, 2.45) is 5.41 Å². The lowest BCUT2D eigenvalue weighted by Crippen LogP contribution is -2.48. The highest BCUT2D eigenvalue weighted by Crippen LogP contribution is 2.39. The Morgan fingerprint density at radius 3 is 2.12 bits per heavy atom. The van der Waals surface area contributed by atoms with Gasteiger partial charge in [-0.15, -0.1) is 0 Å². The van der Waals surface area contributed by atoms with Gasteiger partial charge < -0.3 is 5.11 Å². The molecule has 2 aliphatic rings. The lowest BCUT2D eigenvalue weighted by atomic mass is 9.85. The predicted molar refractivity (Wildman–Crippen MR) is 59.1 cm³/mol. The Balaban J connectivity index is 2.14. The van der Waals surface area contributed by atoms with E-state index >= 15 is 0 Å². The Morgan fingerprint density at radius 1 is 1.12 bits per heavy atom. The molecule has 1 saturated carbocycles. The molecular formula is C12H17NO4. The lowest BCUT2D eigenvalue weighted by Gasteiger charge is -2.32. The summed E-state index contributed by atoms with van der Waals surface area (Å²) in [5.74, 6) is -1.30. The second kappa shape index (κ2) is 4.47. The summed E-state index contributed by atoms with van der Waals surface area (Å²) in [6.07, 6.45) is 4.18. The van der Waals surface area contributed by atoms with Gasteiger partial charge in [0.1, 0.15) is 0 Å². The Hall–Kier alpha value is -1.39. The third kappa shape index (κ3) is 2.18. The fourth-order valence-electron chi connectivity index (χ4n) is 2.77. The smallest absolute Gasteiger partial charge is 0.311 e. The van der Waals surface area contributed by atoms with Gasteiger partial charge in [-0.1, -0.05) is 12.8 Å². The highest BCUT2D eigenvalue weighted by Gasteiger charge is 2.45. The van der Waals surface area contributed by atoms with E-state index in [1.54, 1.807) is 0 Å². The minimum Gasteiger partial charge on any atom is -0.481 e. The summed E-state index contributed by atoms with van der Waals surface area (Å²) < 4.78 is 0. The van der Waals surface area contributed by atoms with E-state index in [1.807, 2.05) is 0 Å². The van der Waals surface area contributed by atoms with Gasteiger partial charge >= 0.3 is 5.97 Å². The quantitative estimate of drug-likeness (QED) is 0.750. The number of rotatable bonds is 3. The fourth-order valence-corrected chi connectivity index (χ4v) is 2.77. The molecule has 5 heteroatoms. The van der Waals surface area contributed by atoms with Crippen LogP contribution in [0.1, 0.15) is 44.9 Å². The molecule has 0 spiro atoms. The van der Waals surface area contributed by atoms with Crippen molar-refractivity contribution in [2.45, 2.75) is 44.9 Å². The van der Waals surface area contributed by atoms with Crippen LogP contribution >= 0.6 is 0 Å². The number of hydrogen-bond donors (Lipinski definition) is 1. The number of aliphatic carboxylic acids is 1. The molecule has 1 saturated heterocycles. The van der Waals surface area contributed by atoms with Crippen molar-refractivity contribution in [2.75, 3.05) is 6.54 Å². The third-order valence-corrected chi connectivity index (χ3v) is 3.86. The van der Waals surface area contributed by atoms with Gasteiger partial charge in [-0.25, -0.2) is 0 Å². The Bertz CT molecular complexity index is 342. The maximum Gasteiger partial charge on any atom is 0.311 e. The number of carboxylic acids is 1. The molecule has 0 unspecified atom stereocenters. The molecule has 1 aliphatic carbocycles. The molecule has 0 aromatic carbocycles. The van der Waals surface area contributed by atoms with Gasteiger partial charge in [0.05, 0.1) is 5.41 Å². The van der Waals surface area contributed by atoms with E-state index < -0.39 is 11.4 Å². The van der Waals surface area contributed by atoms with E-state index in [9.17, 15) is 19.5 Å². The maximum absolute atomic E-state index is 11.7. The molecule has 0 aromatic rings. The zero-order valence-electron chi connectivity index (χ0n) is 9.78. The molecule has 0 aromatic heterocycles. The molecule has 2 fully saturated rings. The SMILES string of the molecule is O=C1CCCC(=O)N1CC1(C(=O)O)CCCC1. The van der Waals surface area contributed by atoms with Gasteiger partial charge in [0.15, 0.2) is 0 Å². The molecule has 0 atom stereocenters. The molecule has 2 amide bonds. The van der Waals surface area contributed by atoms with Crippen molar-refractivity contribution in [1.82, 2.24) is 4.90 Å². The van der Waals surface area contributed by atoms with Crippen LogP contribution in [0.3, 0.4) is 0 Å². The van der Waals surface area contributed by atoms with E-state index in [-0.39, 0.29) is 18.4 Å². The molecule has 0 bridgehead atoms. The van der Waals surface area contributed by atoms with Crippen molar-refractivity contribution in [3.05, 3.63) is 0 Å². The summed E-state index contributed by atoms with van der Waals surface area (Å²) in [7, 11) is 0. The van der Waals surface area contributed by atoms with E-state index in [0.717, 1.165) is 12.8 Å². The van der Waals surface area contributed by atoms with Gasteiger partial charge in [-0.05, 0) is 19.3 Å². The van der Waals surface area contributed by atoms with Gasteiger partial charge in [0.25, 0.3) is 0 Å². The largest absolute Gasteiger partial charge is 0.481 e. The minimum absolute atomic E-state index is 0.0694. The van der Waals surface area contributed by atoms with Crippen LogP contribution in [0, 0.1) is 5.41 Å². The second-order valence-electron chi connectivity index (χ2n) is 5.02. The van der Waals surface area contributed by atoms with Crippen LogP contribution in [0.2, 0.25) is 0 Å². The number of piperidine rings is 1. The topological polar surface area (TPSA) is 74.7 Å². The second-order valence-corrected chi connectivity index (χ2v) is 5.02. The molecule has 17 heavy (non-hydrogen) atoms. The number of nitrogens with zero attached hydrogens (tertiary/aromatic N) is 1. The first-order valence-electron chi connectivity index (χ1n) is 6.12. The normalized spacial score (nSPS) is 24.1. The van der Waals surface area contributed by atoms with E-state index in [4.69, 9.17) is 0 Å². The van der Waals surface area contributed by atoms with Crippen LogP contribution in [0.15, 0.2) is 0 Å². The average molecular weight is 239 g/mol. The van der Waals surface area contributed by atoms with Crippen LogP contribution in [0.25, 0.3) is 0 Å². The van der Waals surface area contributed by atoms with Crippen LogP contribution in [-0.4, -0.2) is 34.3 Å². The summed E-state index contributed by atoms with van der Waals surface area (Å²) in [6, 6.07) is 0. The molecule has 1 aliphatic heterocycles. The number of likely N-dealkylation sites (tertiary alicyclic amines) is 1. The number of hydrogen-bond acceptors (Lipinski definition) is 3. The van der Waals surface area contributed by atoms with E-state index in [1.165, 1.54) is 4.90 Å². The third-order valence-electron chi connectivity index (χ3n) is 3.86. The van der Waals surface area contributed by atoms with Crippen LogP contribution < -0.4 is 0 Å². The van der Waals surface area contributed by atoms with Gasteiger partial charge in [0, 0.05) is 19.4 Å². The van der Waals surface area contributed by atoms with E-state index in [0.29, 0.717) is 32.1 Å². The van der Waals surface area contributed by atoms with Crippen LogP contribution in [-0.2, 0) is 14.4 Å². The van der Waals surface area contributed by atoms with Crippen molar-refractivity contribution >= 4 is 17.8 Å². The zero-order valence-corrected chi connectivity index (χ0v) is 9.78. The zero-order chi connectivity index (χ0) is 12.5. The summed E-state index contributed by atoms with van der Waals surface area (Å²) in [5, 5.41) is 9.32. The Morgan fingerprint density at radius 2 is 1.65 bits per heavy atom. The molecule has 1 N–H and O–H groups in total. The van der Waals surface area contributed by atoms with Gasteiger partial charge in [0.2, 0.25) is 11.8 Å². The highest BCUT2D eigenvalue weighted by molar-refractivity contribution is 5.98. The van der Waals surface area contributed by atoms with Crippen molar-refractivity contribution in [3.63, 3.8) is 0 Å². The number of carboxylic acid groups (broad SMARTS) is 1. The first kappa shape index (κ1) is 12.1. The summed E-state index contributed by atoms with van der Waals surface area (Å²) in [4.78, 5) is 35.9. The fraction of sp³-hybridized carbons (Fsp3) is 0.750. The molecule has 0 radical (unpaired) electrons. The number of carbonyl (C=O) groups excluding carboxylic acids is 2. The number of carbonyl (C=O) groups is 3. The number of amides is 2. The standard InChI is InChI=1S/C12H17NO4/c14-9-4-3-5-10(15)13(9)8-12(11(16)17)6-1-2-7-12/h1-8H2,(H,16,17). The van der Waals surface area contributed by atoms with Crippen molar-refractivity contribution < 1.29 is 19.5 Å². The monoisotopic (exact) mass is 239 g/mol. The maximum atomic E-state index is 11.7. The Kier molecular flexibility index (Phi) is 3.17. The Labute approximate surface area is 99.8 Å². The summed E-state index contributed by atoms with van der Waals surface area (Å²) in [6.45, 7) is 0.0694. The predicted octanol–water partition coefficient (Wildman–Crippen LogP) is 1.17. The lowest BCUT2D eigenvalue weighted by molar-refractivity contribution is -0.156. The van der Waals surface area contributed by atoms with Crippen LogP contribution in [0.5, 0.6) is 0 Å². The van der Waals surface area contributed by atoms with Gasteiger partial charge in [-0.2, -0.15) is 0 Å². The van der Waals surface area contributed by atoms with Crippen molar-refractivity contribution in [1.29, 1.82) is 0 Å². The minimum atomic E-state index is -0.886. The van der Waals surface area contributed by atoms with Gasteiger partial charge in [-0.3, -0.25) is 19.3 Å². The molecule has 94 valence electrons. The number of imide groups is 1. The molecular weight excluding hydrogens is 222 g/mol. The molecule has 1 heterocycles. The molecule has 2 rings (SSSR count). The summed E-state index contributed by atoms with van der Waals surface area (Å²) in [5.41, 5.74) is -0.886. The first-order valence-corrected chi connectivity index (χ1v) is 6.12. The summed E-state index contributed by atoms with van der Waals surface area (Å²) >= 11 is 0. The first-order chi connectivity index (χ1) is 8.05. The average Bonchev–Trinajstić information content (AvgIpc) is 2.73. The molecule has 5 nitrogen and oxygen atoms in total. The van der Waals surface area contributed by atoms with Crippen molar-refractivity contribution in [3.8, 4) is 0 Å². The van der Waals surface area contributed by atoms with E-state index in [2.05, 4.69) is 0 Å². The van der Waals surface area contributed by atoms with Crippen LogP contribution in [0.4, 0.5) is 0 Å².